The van der Waals surface area contributed by atoms with Gasteiger partial charge in [0.05, 0.1) is 6.61 Å². The molecule has 19 heavy (non-hydrogen) atoms. The van der Waals surface area contributed by atoms with Gasteiger partial charge in [0.1, 0.15) is 0 Å². The summed E-state index contributed by atoms with van der Waals surface area (Å²) in [5.41, 5.74) is 3.22. The molecule has 2 aromatic rings. The van der Waals surface area contributed by atoms with Crippen molar-refractivity contribution in [1.82, 2.24) is 0 Å². The Morgan fingerprint density at radius 1 is 1.00 bits per heavy atom. The average Bonchev–Trinajstić information content (AvgIpc) is 2.59. The van der Waals surface area contributed by atoms with Crippen LogP contribution < -0.4 is 5.30 Å². The summed E-state index contributed by atoms with van der Waals surface area (Å²) in [6.45, 7) is 2.37. The average molecular weight is 270 g/mol. The molecule has 1 atom stereocenters. The van der Waals surface area contributed by atoms with Crippen LogP contribution in [0.15, 0.2) is 60.4 Å². The number of fused-ring (bicyclic) bond motifs is 1. The van der Waals surface area contributed by atoms with Gasteiger partial charge < -0.3 is 4.52 Å². The molecule has 2 nitrogen and oxygen atoms in total. The Hall–Kier alpha value is -1.63. The monoisotopic (exact) mass is 270 g/mol. The second kappa shape index (κ2) is 4.80. The second-order valence-corrected chi connectivity index (χ2v) is 6.90. The van der Waals surface area contributed by atoms with Gasteiger partial charge in [-0.25, -0.2) is 0 Å². The molecule has 0 aromatic heterocycles. The molecule has 1 heterocycles. The summed E-state index contributed by atoms with van der Waals surface area (Å²) >= 11 is 0. The first-order chi connectivity index (χ1) is 9.19. The normalized spacial score (nSPS) is 22.3. The summed E-state index contributed by atoms with van der Waals surface area (Å²) in [7, 11) is -2.91. The Labute approximate surface area is 113 Å². The second-order valence-electron chi connectivity index (χ2n) is 4.68. The van der Waals surface area contributed by atoms with Crippen molar-refractivity contribution in [3.05, 3.63) is 71.5 Å². The van der Waals surface area contributed by atoms with E-state index in [-0.39, 0.29) is 0 Å². The summed E-state index contributed by atoms with van der Waals surface area (Å²) in [6.07, 6.45) is 0. The highest BCUT2D eigenvalue weighted by Crippen LogP contribution is 2.52. The van der Waals surface area contributed by atoms with E-state index in [0.29, 0.717) is 6.61 Å². The Balaban J connectivity index is 2.10. The van der Waals surface area contributed by atoms with Crippen molar-refractivity contribution in [2.24, 2.45) is 0 Å². The molecule has 0 saturated carbocycles. The lowest BCUT2D eigenvalue weighted by Gasteiger charge is -2.13. The molecule has 0 fully saturated rings. The molecule has 1 aliphatic rings. The highest BCUT2D eigenvalue weighted by atomic mass is 31.2. The lowest BCUT2D eigenvalue weighted by molar-refractivity contribution is 0.316. The van der Waals surface area contributed by atoms with E-state index >= 15 is 0 Å². The van der Waals surface area contributed by atoms with Gasteiger partial charge in [-0.2, -0.15) is 0 Å². The Morgan fingerprint density at radius 3 is 2.47 bits per heavy atom. The third-order valence-electron chi connectivity index (χ3n) is 3.33. The first kappa shape index (κ1) is 12.4. The van der Waals surface area contributed by atoms with E-state index in [1.807, 2.05) is 61.5 Å². The van der Waals surface area contributed by atoms with Gasteiger partial charge >= 0.3 is 0 Å². The highest BCUT2D eigenvalue weighted by Gasteiger charge is 2.26. The van der Waals surface area contributed by atoms with E-state index < -0.39 is 7.37 Å². The van der Waals surface area contributed by atoms with Crippen molar-refractivity contribution >= 4 is 18.2 Å². The first-order valence-corrected chi connectivity index (χ1v) is 7.96. The van der Waals surface area contributed by atoms with Crippen LogP contribution in [0.1, 0.15) is 18.1 Å². The lowest BCUT2D eigenvalue weighted by atomic mass is 10.0. The first-order valence-electron chi connectivity index (χ1n) is 6.27. The summed E-state index contributed by atoms with van der Waals surface area (Å²) < 4.78 is 18.8. The van der Waals surface area contributed by atoms with Gasteiger partial charge in [0.15, 0.2) is 0 Å². The molecule has 0 saturated heterocycles. The molecule has 0 spiro atoms. The van der Waals surface area contributed by atoms with Gasteiger partial charge in [0.25, 0.3) is 7.37 Å². The number of allylic oxidation sites excluding steroid dienone is 1. The predicted molar refractivity (Wildman–Crippen MR) is 78.6 cm³/mol. The van der Waals surface area contributed by atoms with Crippen LogP contribution in [0.3, 0.4) is 0 Å². The predicted octanol–water partition coefficient (Wildman–Crippen LogP) is 4.18. The molecule has 0 amide bonds. The highest BCUT2D eigenvalue weighted by molar-refractivity contribution is 7.70. The molecule has 1 aliphatic heterocycles. The van der Waals surface area contributed by atoms with Crippen molar-refractivity contribution in [2.45, 2.75) is 13.5 Å². The van der Waals surface area contributed by atoms with Crippen molar-refractivity contribution in [3.8, 4) is 0 Å². The number of hydrogen-bond acceptors (Lipinski definition) is 2. The van der Waals surface area contributed by atoms with Crippen LogP contribution in [0.4, 0.5) is 0 Å². The van der Waals surface area contributed by atoms with Gasteiger partial charge in [-0.1, -0.05) is 42.5 Å². The van der Waals surface area contributed by atoms with E-state index in [2.05, 4.69) is 0 Å². The van der Waals surface area contributed by atoms with Crippen molar-refractivity contribution in [3.63, 3.8) is 0 Å². The van der Waals surface area contributed by atoms with Crippen LogP contribution in [0.2, 0.25) is 0 Å². The van der Waals surface area contributed by atoms with Crippen molar-refractivity contribution < 1.29 is 9.09 Å². The maximum atomic E-state index is 13.0. The van der Waals surface area contributed by atoms with Gasteiger partial charge in [0.2, 0.25) is 0 Å². The zero-order chi connectivity index (χ0) is 13.3. The molecule has 2 aromatic carbocycles. The molecule has 0 N–H and O–H groups in total. The minimum absolute atomic E-state index is 0.385. The molecule has 3 heteroatoms. The third kappa shape index (κ3) is 2.30. The maximum Gasteiger partial charge on any atom is 0.254 e. The van der Waals surface area contributed by atoms with Crippen LogP contribution in [-0.2, 0) is 15.7 Å². The summed E-state index contributed by atoms with van der Waals surface area (Å²) in [6, 6.07) is 17.5. The van der Waals surface area contributed by atoms with Crippen LogP contribution in [0, 0.1) is 0 Å². The van der Waals surface area contributed by atoms with Crippen LogP contribution in [0.5, 0.6) is 0 Å². The van der Waals surface area contributed by atoms with E-state index in [1.54, 1.807) is 5.82 Å². The zero-order valence-corrected chi connectivity index (χ0v) is 11.6. The molecule has 96 valence electrons. The zero-order valence-electron chi connectivity index (χ0n) is 10.7. The number of benzene rings is 2. The SMILES string of the molecule is CC1=CP(=O)(c2ccccc2)OCc2ccccc21. The minimum atomic E-state index is -2.91. The molecule has 0 bridgehead atoms. The number of rotatable bonds is 1. The Kier molecular flexibility index (Phi) is 3.14. The Bertz CT molecular complexity index is 674. The standard InChI is InChI=1S/C16H15O2P/c1-13-12-19(17,15-8-3-2-4-9-15)18-11-14-7-5-6-10-16(13)14/h2-10,12H,11H2,1H3. The van der Waals surface area contributed by atoms with Crippen molar-refractivity contribution in [2.75, 3.05) is 0 Å². The van der Waals surface area contributed by atoms with Gasteiger partial charge in [-0.3, -0.25) is 4.57 Å². The largest absolute Gasteiger partial charge is 0.318 e. The fourth-order valence-electron chi connectivity index (χ4n) is 2.34. The van der Waals surface area contributed by atoms with Crippen LogP contribution in [-0.4, -0.2) is 0 Å². The van der Waals surface area contributed by atoms with Gasteiger partial charge in [-0.05, 0) is 35.8 Å². The quantitative estimate of drug-likeness (QED) is 0.726. The topological polar surface area (TPSA) is 26.3 Å². The van der Waals surface area contributed by atoms with Crippen LogP contribution >= 0.6 is 7.37 Å². The summed E-state index contributed by atoms with van der Waals surface area (Å²) in [5, 5.41) is 0.752. The molecule has 0 aliphatic carbocycles. The molecular weight excluding hydrogens is 255 g/mol. The smallest absolute Gasteiger partial charge is 0.254 e. The fraction of sp³-hybridized carbons (Fsp3) is 0.125. The fourth-order valence-corrected chi connectivity index (χ4v) is 4.28. The summed E-state index contributed by atoms with van der Waals surface area (Å²) in [4.78, 5) is 0. The van der Waals surface area contributed by atoms with E-state index in [9.17, 15) is 4.57 Å². The van der Waals surface area contributed by atoms with E-state index in [0.717, 1.165) is 22.0 Å². The van der Waals surface area contributed by atoms with Crippen molar-refractivity contribution in [1.29, 1.82) is 0 Å². The van der Waals surface area contributed by atoms with E-state index in [1.165, 1.54) is 0 Å². The van der Waals surface area contributed by atoms with Crippen LogP contribution in [0.25, 0.3) is 5.57 Å². The number of hydrogen-bond donors (Lipinski definition) is 0. The van der Waals surface area contributed by atoms with E-state index in [4.69, 9.17) is 4.52 Å². The molecule has 1 unspecified atom stereocenters. The molecule has 3 rings (SSSR count). The molecular formula is C16H15O2P. The maximum absolute atomic E-state index is 13.0. The van der Waals surface area contributed by atoms with Gasteiger partial charge in [0, 0.05) is 11.1 Å². The Morgan fingerprint density at radius 2 is 1.68 bits per heavy atom. The van der Waals surface area contributed by atoms with Gasteiger partial charge in [-0.15, -0.1) is 0 Å². The summed E-state index contributed by atoms with van der Waals surface area (Å²) in [5.74, 6) is 1.79. The molecule has 0 radical (unpaired) electrons. The lowest BCUT2D eigenvalue weighted by Crippen LogP contribution is -2.04. The minimum Gasteiger partial charge on any atom is -0.318 e. The third-order valence-corrected chi connectivity index (χ3v) is 5.59.